The summed E-state index contributed by atoms with van der Waals surface area (Å²) in [7, 11) is 0. The second kappa shape index (κ2) is 1.72. The van der Waals surface area contributed by atoms with Crippen molar-refractivity contribution in [1.82, 2.24) is 9.97 Å². The van der Waals surface area contributed by atoms with E-state index in [2.05, 4.69) is 22.1 Å². The van der Waals surface area contributed by atoms with Gasteiger partial charge in [-0.2, -0.15) is 0 Å². The predicted octanol–water partition coefficient (Wildman–Crippen LogP) is -0.236. The quantitative estimate of drug-likeness (QED) is 0.503. The molecule has 46 valence electrons. The monoisotopic (exact) mass is 120 g/mol. The normalized spacial score (nSPS) is 15.6. The number of hydrogen-bond acceptors (Lipinski definition) is 1. The Balaban J connectivity index is 2.89. The summed E-state index contributed by atoms with van der Waals surface area (Å²) in [5.74, 6) is 0. The Kier molecular flexibility index (Phi) is 0.918. The molecule has 0 spiro atoms. The van der Waals surface area contributed by atoms with E-state index in [9.17, 15) is 0 Å². The van der Waals surface area contributed by atoms with Crippen molar-refractivity contribution in [3.63, 3.8) is 0 Å². The van der Waals surface area contributed by atoms with Crippen LogP contribution in [-0.2, 0) is 0 Å². The van der Waals surface area contributed by atoms with E-state index in [4.69, 9.17) is 0 Å². The summed E-state index contributed by atoms with van der Waals surface area (Å²) in [6, 6.07) is 0. The fourth-order valence-corrected chi connectivity index (χ4v) is 1.09. The van der Waals surface area contributed by atoms with E-state index in [1.807, 2.05) is 0 Å². The van der Waals surface area contributed by atoms with Crippen LogP contribution in [0.15, 0.2) is 6.33 Å². The number of aromatic nitrogens is 2. The van der Waals surface area contributed by atoms with Crippen molar-refractivity contribution in [2.75, 3.05) is 0 Å². The summed E-state index contributed by atoms with van der Waals surface area (Å²) in [6.07, 6.45) is 8.37. The summed E-state index contributed by atoms with van der Waals surface area (Å²) in [4.78, 5) is 7.17. The minimum Gasteiger partial charge on any atom is -0.345 e. The summed E-state index contributed by atoms with van der Waals surface area (Å²) in [5, 5.41) is 2.29. The highest BCUT2D eigenvalue weighted by molar-refractivity contribution is 5.32. The van der Waals surface area contributed by atoms with Crippen molar-refractivity contribution in [2.45, 2.75) is 12.8 Å². The predicted molar refractivity (Wildman–Crippen MR) is 36.0 cm³/mol. The highest BCUT2D eigenvalue weighted by Gasteiger charge is 1.91. The molecule has 0 saturated carbocycles. The number of aromatic amines is 1. The van der Waals surface area contributed by atoms with Crippen LogP contribution in [0.2, 0.25) is 0 Å². The van der Waals surface area contributed by atoms with Gasteiger partial charge in [0.1, 0.15) is 0 Å². The molecule has 0 radical (unpaired) electrons. The van der Waals surface area contributed by atoms with Crippen LogP contribution in [0.5, 0.6) is 0 Å². The van der Waals surface area contributed by atoms with Gasteiger partial charge in [-0.3, -0.25) is 0 Å². The molecule has 2 heteroatoms. The van der Waals surface area contributed by atoms with Crippen molar-refractivity contribution in [2.24, 2.45) is 0 Å². The first-order chi connectivity index (χ1) is 4.47. The van der Waals surface area contributed by atoms with Crippen molar-refractivity contribution >= 4 is 12.2 Å². The van der Waals surface area contributed by atoms with Gasteiger partial charge >= 0.3 is 0 Å². The first-order valence-electron chi connectivity index (χ1n) is 3.16. The average Bonchev–Trinajstić information content (AvgIpc) is 2.33. The highest BCUT2D eigenvalue weighted by atomic mass is 14.8. The Morgan fingerprint density at radius 3 is 3.11 bits per heavy atom. The van der Waals surface area contributed by atoms with E-state index < -0.39 is 0 Å². The lowest BCUT2D eigenvalue weighted by atomic mass is 10.2. The molecule has 0 aromatic carbocycles. The van der Waals surface area contributed by atoms with Crippen LogP contribution in [0.25, 0.3) is 12.2 Å². The average molecular weight is 120 g/mol. The van der Waals surface area contributed by atoms with E-state index in [0.717, 1.165) is 18.2 Å². The first kappa shape index (κ1) is 4.79. The summed E-state index contributed by atoms with van der Waals surface area (Å²) in [5.41, 5.74) is 0. The lowest BCUT2D eigenvalue weighted by Crippen LogP contribution is -2.26. The Bertz CT molecular complexity index is 277. The third-order valence-corrected chi connectivity index (χ3v) is 1.55. The first-order valence-corrected chi connectivity index (χ1v) is 3.16. The maximum absolute atomic E-state index is 4.11. The lowest BCUT2D eigenvalue weighted by molar-refractivity contribution is 1.09. The Morgan fingerprint density at radius 2 is 2.22 bits per heavy atom. The van der Waals surface area contributed by atoms with Gasteiger partial charge in [0, 0.05) is 0 Å². The fourth-order valence-electron chi connectivity index (χ4n) is 1.09. The van der Waals surface area contributed by atoms with Crippen LogP contribution in [0.1, 0.15) is 12.8 Å². The third kappa shape index (κ3) is 0.669. The van der Waals surface area contributed by atoms with Gasteiger partial charge in [-0.25, -0.2) is 4.98 Å². The van der Waals surface area contributed by atoms with Gasteiger partial charge in [0.25, 0.3) is 0 Å². The summed E-state index contributed by atoms with van der Waals surface area (Å²) < 4.78 is 0. The van der Waals surface area contributed by atoms with Gasteiger partial charge in [0.2, 0.25) is 0 Å². The van der Waals surface area contributed by atoms with Crippen LogP contribution >= 0.6 is 0 Å². The molecule has 0 aliphatic heterocycles. The van der Waals surface area contributed by atoms with Crippen LogP contribution in [0, 0.1) is 0 Å². The van der Waals surface area contributed by atoms with Gasteiger partial charge in [0.05, 0.1) is 17.0 Å². The molecule has 0 saturated heterocycles. The molecule has 2 rings (SSSR count). The number of hydrogen-bond donors (Lipinski definition) is 1. The van der Waals surface area contributed by atoms with E-state index in [1.165, 1.54) is 5.35 Å². The number of H-pyrrole nitrogens is 1. The van der Waals surface area contributed by atoms with E-state index in [-0.39, 0.29) is 0 Å². The minimum atomic E-state index is 1.11. The Hall–Kier alpha value is -1.05. The molecule has 1 aliphatic carbocycles. The molecule has 1 N–H and O–H groups in total. The van der Waals surface area contributed by atoms with Crippen LogP contribution in [0.3, 0.4) is 0 Å². The number of nitrogens with zero attached hydrogens (tertiary/aromatic N) is 1. The van der Waals surface area contributed by atoms with Gasteiger partial charge in [-0.05, 0) is 12.8 Å². The summed E-state index contributed by atoms with van der Waals surface area (Å²) >= 11 is 0. The van der Waals surface area contributed by atoms with Crippen molar-refractivity contribution < 1.29 is 0 Å². The molecule has 0 amide bonds. The van der Waals surface area contributed by atoms with E-state index >= 15 is 0 Å². The van der Waals surface area contributed by atoms with E-state index in [1.54, 1.807) is 6.33 Å². The molecule has 0 fully saturated rings. The standard InChI is InChI=1S/C7H8N2/c1-2-4-7-6(3-1)8-5-9-7/h3-5H,1-2H2,(H,8,9). The topological polar surface area (TPSA) is 28.7 Å². The fraction of sp³-hybridized carbons (Fsp3) is 0.286. The molecule has 1 aromatic heterocycles. The van der Waals surface area contributed by atoms with Crippen molar-refractivity contribution in [1.29, 1.82) is 0 Å². The highest BCUT2D eigenvalue weighted by Crippen LogP contribution is 1.91. The van der Waals surface area contributed by atoms with Crippen molar-refractivity contribution in [3.8, 4) is 0 Å². The molecule has 1 heterocycles. The minimum absolute atomic E-state index is 1.11. The molecule has 1 aromatic rings. The summed E-state index contributed by atoms with van der Waals surface area (Å²) in [6.45, 7) is 0. The third-order valence-electron chi connectivity index (χ3n) is 1.55. The second-order valence-electron chi connectivity index (χ2n) is 2.19. The maximum atomic E-state index is 4.11. The van der Waals surface area contributed by atoms with Gasteiger partial charge in [0.15, 0.2) is 0 Å². The molecular weight excluding hydrogens is 112 g/mol. The Morgan fingerprint density at radius 1 is 1.33 bits per heavy atom. The molecular formula is C7H8N2. The van der Waals surface area contributed by atoms with Crippen LogP contribution in [-0.4, -0.2) is 9.97 Å². The zero-order valence-corrected chi connectivity index (χ0v) is 5.09. The van der Waals surface area contributed by atoms with Gasteiger partial charge in [-0.1, -0.05) is 12.2 Å². The number of imidazole rings is 1. The zero-order chi connectivity index (χ0) is 6.10. The number of fused-ring (bicyclic) bond motifs is 1. The molecule has 1 aliphatic rings. The van der Waals surface area contributed by atoms with Crippen LogP contribution < -0.4 is 10.7 Å². The maximum Gasteiger partial charge on any atom is 0.0931 e. The molecule has 9 heavy (non-hydrogen) atoms. The van der Waals surface area contributed by atoms with Gasteiger partial charge < -0.3 is 4.98 Å². The molecule has 2 nitrogen and oxygen atoms in total. The zero-order valence-electron chi connectivity index (χ0n) is 5.09. The second-order valence-corrected chi connectivity index (χ2v) is 2.19. The Labute approximate surface area is 52.9 Å². The number of nitrogens with one attached hydrogen (secondary N) is 1. The van der Waals surface area contributed by atoms with Gasteiger partial charge in [-0.15, -0.1) is 0 Å². The largest absolute Gasteiger partial charge is 0.345 e. The van der Waals surface area contributed by atoms with Crippen molar-refractivity contribution in [3.05, 3.63) is 17.0 Å². The number of rotatable bonds is 0. The van der Waals surface area contributed by atoms with Crippen LogP contribution in [0.4, 0.5) is 0 Å². The van der Waals surface area contributed by atoms with E-state index in [0.29, 0.717) is 0 Å². The smallest absolute Gasteiger partial charge is 0.0931 e. The molecule has 0 atom stereocenters. The molecule has 0 unspecified atom stereocenters. The lowest BCUT2D eigenvalue weighted by Gasteiger charge is -1.89. The SMILES string of the molecule is C1=c2nc[nH]c2=CCC1. The molecule has 0 bridgehead atoms.